The lowest BCUT2D eigenvalue weighted by molar-refractivity contribution is -0.156. The minimum atomic E-state index is -1.84. The molecule has 0 aliphatic carbocycles. The fourth-order valence-electron chi connectivity index (χ4n) is 3.02. The van der Waals surface area contributed by atoms with Crippen LogP contribution in [0.3, 0.4) is 0 Å². The van der Waals surface area contributed by atoms with Crippen molar-refractivity contribution in [3.63, 3.8) is 0 Å². The predicted octanol–water partition coefficient (Wildman–Crippen LogP) is 3.45. The van der Waals surface area contributed by atoms with E-state index in [9.17, 15) is 9.59 Å². The molecule has 0 radical (unpaired) electrons. The summed E-state index contributed by atoms with van der Waals surface area (Å²) in [4.78, 5) is 26.2. The van der Waals surface area contributed by atoms with E-state index in [4.69, 9.17) is 4.43 Å². The minimum Gasteiger partial charge on any atom is -0.403 e. The summed E-state index contributed by atoms with van der Waals surface area (Å²) in [5, 5.41) is 0. The summed E-state index contributed by atoms with van der Waals surface area (Å²) in [7, 11) is -1.84. The molecule has 2 atom stereocenters. The van der Waals surface area contributed by atoms with Crippen molar-refractivity contribution in [2.45, 2.75) is 58.0 Å². The third-order valence-electron chi connectivity index (χ3n) is 4.88. The molecule has 1 aliphatic rings. The van der Waals surface area contributed by atoms with Crippen LogP contribution in [0, 0.1) is 0 Å². The van der Waals surface area contributed by atoms with Crippen LogP contribution in [0.4, 0.5) is 0 Å². The first-order chi connectivity index (χ1) is 10.5. The van der Waals surface area contributed by atoms with Gasteiger partial charge < -0.3 is 4.43 Å². The van der Waals surface area contributed by atoms with Crippen LogP contribution >= 0.6 is 0 Å². The molecule has 2 rings (SSSR count). The highest BCUT2D eigenvalue weighted by atomic mass is 28.4. The van der Waals surface area contributed by atoms with Crippen LogP contribution in [0.15, 0.2) is 30.3 Å². The van der Waals surface area contributed by atoms with Gasteiger partial charge in [0, 0.05) is 5.56 Å². The van der Waals surface area contributed by atoms with Gasteiger partial charge in [-0.2, -0.15) is 0 Å². The average Bonchev–Trinajstić information content (AvgIpc) is 2.57. The first kappa shape index (κ1) is 16.9. The van der Waals surface area contributed by atoms with E-state index in [0.29, 0.717) is 5.56 Å². The van der Waals surface area contributed by atoms with Crippen LogP contribution in [0.25, 0.3) is 0 Å². The molecule has 120 valence electrons. The van der Waals surface area contributed by atoms with Crippen molar-refractivity contribution in [1.82, 2.24) is 4.90 Å². The summed E-state index contributed by atoms with van der Waals surface area (Å²) >= 11 is 0. The Morgan fingerprint density at radius 3 is 2.14 bits per heavy atom. The molecular weight excluding hydrogens is 294 g/mol. The fraction of sp³-hybridized carbons (Fsp3) is 0.529. The Morgan fingerprint density at radius 2 is 1.68 bits per heavy atom. The number of likely N-dealkylation sites (tertiary alicyclic amines) is 1. The largest absolute Gasteiger partial charge is 0.403 e. The van der Waals surface area contributed by atoms with Crippen molar-refractivity contribution in [2.75, 3.05) is 0 Å². The number of β-lactam (4-membered cyclic amide) rings is 1. The third-order valence-corrected chi connectivity index (χ3v) is 9.50. The Morgan fingerprint density at radius 1 is 1.14 bits per heavy atom. The highest BCUT2D eigenvalue weighted by molar-refractivity contribution is 6.73. The van der Waals surface area contributed by atoms with Crippen molar-refractivity contribution in [1.29, 1.82) is 0 Å². The van der Waals surface area contributed by atoms with Crippen molar-refractivity contribution in [2.24, 2.45) is 0 Å². The molecule has 22 heavy (non-hydrogen) atoms. The average molecular weight is 319 g/mol. The molecule has 0 saturated carbocycles. The normalized spacial score (nSPS) is 21.6. The van der Waals surface area contributed by atoms with E-state index in [1.807, 2.05) is 13.0 Å². The van der Waals surface area contributed by atoms with Gasteiger partial charge in [0.15, 0.2) is 8.32 Å². The SMILES string of the molecule is CC[Si](CC)(CC)O[C@@H]1C(=O)N(C(=O)c2ccccc2)[C@@H]1C. The second-order valence-corrected chi connectivity index (χ2v) is 10.6. The van der Waals surface area contributed by atoms with Gasteiger partial charge in [-0.15, -0.1) is 0 Å². The molecule has 5 heteroatoms. The fourth-order valence-corrected chi connectivity index (χ4v) is 5.86. The maximum absolute atomic E-state index is 12.4. The van der Waals surface area contributed by atoms with Crippen LogP contribution in [-0.2, 0) is 9.22 Å². The van der Waals surface area contributed by atoms with Gasteiger partial charge in [0.05, 0.1) is 6.04 Å². The van der Waals surface area contributed by atoms with Crippen molar-refractivity contribution < 1.29 is 14.0 Å². The number of imide groups is 1. The van der Waals surface area contributed by atoms with E-state index in [1.165, 1.54) is 4.90 Å². The lowest BCUT2D eigenvalue weighted by Gasteiger charge is -2.47. The first-order valence-electron chi connectivity index (χ1n) is 8.10. The van der Waals surface area contributed by atoms with Gasteiger partial charge in [0.25, 0.3) is 11.8 Å². The first-order valence-corrected chi connectivity index (χ1v) is 10.6. The molecule has 1 aromatic rings. The predicted molar refractivity (Wildman–Crippen MR) is 89.2 cm³/mol. The number of hydrogen-bond acceptors (Lipinski definition) is 3. The molecule has 0 spiro atoms. The summed E-state index contributed by atoms with van der Waals surface area (Å²) < 4.78 is 6.26. The third kappa shape index (κ3) is 2.87. The highest BCUT2D eigenvalue weighted by Crippen LogP contribution is 2.32. The van der Waals surface area contributed by atoms with E-state index in [0.717, 1.165) is 18.1 Å². The second kappa shape index (κ2) is 6.75. The summed E-state index contributed by atoms with van der Waals surface area (Å²) in [6.07, 6.45) is -0.445. The number of nitrogens with zero attached hydrogens (tertiary/aromatic N) is 1. The molecule has 2 amide bonds. The number of amides is 2. The summed E-state index contributed by atoms with van der Waals surface area (Å²) in [6.45, 7) is 8.31. The van der Waals surface area contributed by atoms with Gasteiger partial charge in [-0.3, -0.25) is 14.5 Å². The zero-order chi connectivity index (χ0) is 16.3. The number of carbonyl (C=O) groups excluding carboxylic acids is 2. The monoisotopic (exact) mass is 319 g/mol. The van der Waals surface area contributed by atoms with Gasteiger partial charge in [-0.1, -0.05) is 39.0 Å². The molecule has 1 aliphatic heterocycles. The topological polar surface area (TPSA) is 46.6 Å². The Labute approximate surface area is 133 Å². The van der Waals surface area contributed by atoms with Crippen LogP contribution < -0.4 is 0 Å². The van der Waals surface area contributed by atoms with E-state index in [2.05, 4.69) is 20.8 Å². The Balaban J connectivity index is 2.09. The molecule has 0 aromatic heterocycles. The maximum Gasteiger partial charge on any atom is 0.260 e. The van der Waals surface area contributed by atoms with E-state index < -0.39 is 14.4 Å². The number of rotatable bonds is 6. The molecule has 0 N–H and O–H groups in total. The van der Waals surface area contributed by atoms with Gasteiger partial charge in [-0.05, 0) is 37.2 Å². The lowest BCUT2D eigenvalue weighted by atomic mass is 9.98. The Kier molecular flexibility index (Phi) is 5.18. The van der Waals surface area contributed by atoms with Crippen LogP contribution in [0.2, 0.25) is 18.1 Å². The van der Waals surface area contributed by atoms with Crippen LogP contribution in [0.5, 0.6) is 0 Å². The Hall–Kier alpha value is -1.46. The van der Waals surface area contributed by atoms with Gasteiger partial charge in [0.2, 0.25) is 0 Å². The molecule has 0 bridgehead atoms. The standard InChI is InChI=1S/C17H25NO3Si/c1-5-22(6-2,7-3)21-15-13(4)18(17(15)20)16(19)14-11-9-8-10-12-14/h8-13,15H,5-7H2,1-4H3/t13-,15+/m1/s1. The lowest BCUT2D eigenvalue weighted by Crippen LogP contribution is -2.68. The zero-order valence-electron chi connectivity index (χ0n) is 13.8. The van der Waals surface area contributed by atoms with Gasteiger partial charge in [0.1, 0.15) is 6.10 Å². The van der Waals surface area contributed by atoms with Crippen LogP contribution in [-0.4, -0.2) is 37.2 Å². The molecular formula is C17H25NO3Si. The Bertz CT molecular complexity index is 534. The second-order valence-electron chi connectivity index (χ2n) is 5.90. The van der Waals surface area contributed by atoms with Gasteiger partial charge >= 0.3 is 0 Å². The minimum absolute atomic E-state index is 0.184. The van der Waals surface area contributed by atoms with Crippen molar-refractivity contribution >= 4 is 20.1 Å². The number of benzene rings is 1. The molecule has 0 unspecified atom stereocenters. The molecule has 4 nitrogen and oxygen atoms in total. The quantitative estimate of drug-likeness (QED) is 0.458. The number of carbonyl (C=O) groups is 2. The van der Waals surface area contributed by atoms with Crippen LogP contribution in [0.1, 0.15) is 38.1 Å². The van der Waals surface area contributed by atoms with E-state index in [1.54, 1.807) is 24.3 Å². The molecule has 1 fully saturated rings. The summed E-state index contributed by atoms with van der Waals surface area (Å²) in [5.74, 6) is -0.414. The van der Waals surface area contributed by atoms with Crippen molar-refractivity contribution in [3.8, 4) is 0 Å². The maximum atomic E-state index is 12.4. The highest BCUT2D eigenvalue weighted by Gasteiger charge is 2.51. The molecule has 1 saturated heterocycles. The number of hydrogen-bond donors (Lipinski definition) is 0. The van der Waals surface area contributed by atoms with Gasteiger partial charge in [-0.25, -0.2) is 0 Å². The van der Waals surface area contributed by atoms with E-state index >= 15 is 0 Å². The zero-order valence-corrected chi connectivity index (χ0v) is 14.8. The smallest absolute Gasteiger partial charge is 0.260 e. The molecule has 1 aromatic carbocycles. The molecule has 1 heterocycles. The van der Waals surface area contributed by atoms with E-state index in [-0.39, 0.29) is 17.9 Å². The van der Waals surface area contributed by atoms with Crippen molar-refractivity contribution in [3.05, 3.63) is 35.9 Å². The summed E-state index contributed by atoms with van der Waals surface area (Å²) in [6, 6.07) is 11.8. The summed E-state index contributed by atoms with van der Waals surface area (Å²) in [5.41, 5.74) is 0.547.